The van der Waals surface area contributed by atoms with Gasteiger partial charge in [0.25, 0.3) is 0 Å². The molecular formula is C48H40N2. The van der Waals surface area contributed by atoms with E-state index in [2.05, 4.69) is 191 Å². The number of para-hydroxylation sites is 2. The van der Waals surface area contributed by atoms with Crippen molar-refractivity contribution in [3.63, 3.8) is 0 Å². The van der Waals surface area contributed by atoms with Crippen molar-refractivity contribution in [2.24, 2.45) is 0 Å². The first-order valence-corrected chi connectivity index (χ1v) is 18.0. The van der Waals surface area contributed by atoms with E-state index in [0.29, 0.717) is 12.0 Å². The van der Waals surface area contributed by atoms with Crippen molar-refractivity contribution in [1.82, 2.24) is 4.57 Å². The second-order valence-corrected chi connectivity index (χ2v) is 13.7. The average Bonchev–Trinajstić information content (AvgIpc) is 3.54. The van der Waals surface area contributed by atoms with Crippen molar-refractivity contribution < 1.29 is 0 Å². The number of anilines is 2. The fraction of sp³-hybridized carbons (Fsp3) is 0.125. The maximum Gasteiger partial charge on any atom is 0.0541 e. The number of hydrogen-bond acceptors (Lipinski definition) is 1. The molecule has 50 heavy (non-hydrogen) atoms. The average molecular weight is 645 g/mol. The second-order valence-electron chi connectivity index (χ2n) is 13.7. The van der Waals surface area contributed by atoms with E-state index >= 15 is 0 Å². The second kappa shape index (κ2) is 13.2. The van der Waals surface area contributed by atoms with E-state index in [1.807, 2.05) is 0 Å². The highest BCUT2D eigenvalue weighted by Gasteiger charge is 2.28. The molecule has 1 aliphatic carbocycles. The van der Waals surface area contributed by atoms with E-state index in [1.165, 1.54) is 92.4 Å². The predicted octanol–water partition coefficient (Wildman–Crippen LogP) is 13.0. The van der Waals surface area contributed by atoms with Gasteiger partial charge in [-0.1, -0.05) is 133 Å². The summed E-state index contributed by atoms with van der Waals surface area (Å²) in [5, 5.41) is 2.58. The van der Waals surface area contributed by atoms with Crippen LogP contribution in [-0.4, -0.2) is 10.6 Å². The van der Waals surface area contributed by atoms with Gasteiger partial charge in [-0.15, -0.1) is 0 Å². The molecule has 0 spiro atoms. The third-order valence-electron chi connectivity index (χ3n) is 10.8. The van der Waals surface area contributed by atoms with Gasteiger partial charge in [0.1, 0.15) is 0 Å². The molecule has 0 N–H and O–H groups in total. The van der Waals surface area contributed by atoms with Gasteiger partial charge in [-0.05, 0) is 108 Å². The lowest BCUT2D eigenvalue weighted by Gasteiger charge is -2.39. The largest absolute Gasteiger partial charge is 0.338 e. The lowest BCUT2D eigenvalue weighted by molar-refractivity contribution is 0.392. The van der Waals surface area contributed by atoms with Crippen LogP contribution in [0.4, 0.5) is 11.4 Å². The van der Waals surface area contributed by atoms with Crippen molar-refractivity contribution in [2.75, 3.05) is 4.90 Å². The van der Waals surface area contributed by atoms with Gasteiger partial charge in [0.15, 0.2) is 0 Å². The molecule has 1 saturated carbocycles. The smallest absolute Gasteiger partial charge is 0.0541 e. The number of hydrogen-bond donors (Lipinski definition) is 0. The van der Waals surface area contributed by atoms with Crippen LogP contribution in [0, 0.1) is 0 Å². The highest BCUT2D eigenvalue weighted by atomic mass is 15.2. The van der Waals surface area contributed by atoms with Gasteiger partial charge >= 0.3 is 0 Å². The standard InChI is InChI=1S/C48H40N2/c1-3-11-35(12-4-1)37-19-27-41(28-20-37)49(42-29-21-38(22-30-42)36-13-5-2-6-14-36)43-31-23-39(24-32-43)40-25-33-44(34-26-40)50-47-17-9-7-15-45(47)46-16-8-10-18-48(46)50/h1-20,23-28,31-34,38,42H,21-22,29-30H2. The Bertz CT molecular complexity index is 2290. The molecule has 0 amide bonds. The van der Waals surface area contributed by atoms with E-state index in [4.69, 9.17) is 0 Å². The van der Waals surface area contributed by atoms with Gasteiger partial charge in [-0.3, -0.25) is 0 Å². The fourth-order valence-electron chi connectivity index (χ4n) is 8.23. The summed E-state index contributed by atoms with van der Waals surface area (Å²) in [6.45, 7) is 0. The first-order chi connectivity index (χ1) is 24.8. The van der Waals surface area contributed by atoms with E-state index in [9.17, 15) is 0 Å². The molecule has 0 saturated heterocycles. The number of nitrogens with zero attached hydrogens (tertiary/aromatic N) is 2. The van der Waals surface area contributed by atoms with Gasteiger partial charge in [0.2, 0.25) is 0 Å². The molecule has 1 fully saturated rings. The normalized spacial score (nSPS) is 16.1. The Morgan fingerprint density at radius 2 is 0.800 bits per heavy atom. The first-order valence-electron chi connectivity index (χ1n) is 18.0. The Morgan fingerprint density at radius 3 is 1.32 bits per heavy atom. The van der Waals surface area contributed by atoms with Crippen LogP contribution in [0.5, 0.6) is 0 Å². The van der Waals surface area contributed by atoms with Crippen LogP contribution in [0.15, 0.2) is 182 Å². The summed E-state index contributed by atoms with van der Waals surface area (Å²) in [6.07, 6.45) is 4.77. The monoisotopic (exact) mass is 644 g/mol. The summed E-state index contributed by atoms with van der Waals surface area (Å²) in [4.78, 5) is 2.60. The molecule has 242 valence electrons. The molecule has 0 aliphatic heterocycles. The molecular weight excluding hydrogens is 605 g/mol. The number of fused-ring (bicyclic) bond motifs is 3. The molecule has 2 nitrogen and oxygen atoms in total. The van der Waals surface area contributed by atoms with Crippen LogP contribution in [-0.2, 0) is 0 Å². The molecule has 0 unspecified atom stereocenters. The summed E-state index contributed by atoms with van der Waals surface area (Å²) in [5.74, 6) is 0.641. The molecule has 0 radical (unpaired) electrons. The first kappa shape index (κ1) is 30.2. The molecule has 0 atom stereocenters. The van der Waals surface area contributed by atoms with Crippen LogP contribution in [0.25, 0.3) is 49.7 Å². The zero-order valence-electron chi connectivity index (χ0n) is 28.2. The van der Waals surface area contributed by atoms with Crippen LogP contribution < -0.4 is 4.90 Å². The highest BCUT2D eigenvalue weighted by Crippen LogP contribution is 2.41. The summed E-state index contributed by atoms with van der Waals surface area (Å²) < 4.78 is 2.38. The van der Waals surface area contributed by atoms with E-state index in [1.54, 1.807) is 0 Å². The fourth-order valence-corrected chi connectivity index (χ4v) is 8.23. The predicted molar refractivity (Wildman–Crippen MR) is 212 cm³/mol. The maximum atomic E-state index is 2.60. The molecule has 9 rings (SSSR count). The lowest BCUT2D eigenvalue weighted by Crippen LogP contribution is -2.34. The van der Waals surface area contributed by atoms with E-state index in [0.717, 1.165) is 0 Å². The van der Waals surface area contributed by atoms with Gasteiger partial charge in [0, 0.05) is 33.9 Å². The topological polar surface area (TPSA) is 8.17 Å². The molecule has 7 aromatic carbocycles. The Balaban J connectivity index is 1.01. The Labute approximate surface area is 294 Å². The van der Waals surface area contributed by atoms with Crippen molar-refractivity contribution >= 4 is 33.2 Å². The number of benzene rings is 7. The molecule has 8 aromatic rings. The van der Waals surface area contributed by atoms with Crippen molar-refractivity contribution in [1.29, 1.82) is 0 Å². The van der Waals surface area contributed by atoms with Crippen molar-refractivity contribution in [3.8, 4) is 27.9 Å². The van der Waals surface area contributed by atoms with Gasteiger partial charge in [0.05, 0.1) is 11.0 Å². The van der Waals surface area contributed by atoms with Crippen LogP contribution in [0.1, 0.15) is 37.2 Å². The summed E-state index contributed by atoms with van der Waals surface area (Å²) in [6, 6.07) is 67.1. The van der Waals surface area contributed by atoms with Crippen LogP contribution in [0.2, 0.25) is 0 Å². The molecule has 0 bridgehead atoms. The summed E-state index contributed by atoms with van der Waals surface area (Å²) in [5.41, 5.74) is 12.6. The third-order valence-corrected chi connectivity index (χ3v) is 10.8. The quantitative estimate of drug-likeness (QED) is 0.168. The van der Waals surface area contributed by atoms with Crippen molar-refractivity contribution in [2.45, 2.75) is 37.6 Å². The summed E-state index contributed by atoms with van der Waals surface area (Å²) in [7, 11) is 0. The van der Waals surface area contributed by atoms with Gasteiger partial charge < -0.3 is 9.47 Å². The van der Waals surface area contributed by atoms with E-state index < -0.39 is 0 Å². The summed E-state index contributed by atoms with van der Waals surface area (Å²) >= 11 is 0. The minimum Gasteiger partial charge on any atom is -0.338 e. The maximum absolute atomic E-state index is 2.60. The zero-order chi connectivity index (χ0) is 33.3. The Hall–Kier alpha value is -5.86. The zero-order valence-corrected chi connectivity index (χ0v) is 28.2. The van der Waals surface area contributed by atoms with Crippen LogP contribution in [0.3, 0.4) is 0 Å². The Morgan fingerprint density at radius 1 is 0.380 bits per heavy atom. The number of rotatable bonds is 7. The van der Waals surface area contributed by atoms with Crippen LogP contribution >= 0.6 is 0 Å². The van der Waals surface area contributed by atoms with Gasteiger partial charge in [-0.2, -0.15) is 0 Å². The lowest BCUT2D eigenvalue weighted by atomic mass is 9.81. The minimum absolute atomic E-state index is 0.453. The molecule has 2 heteroatoms. The van der Waals surface area contributed by atoms with E-state index in [-0.39, 0.29) is 0 Å². The van der Waals surface area contributed by atoms with Gasteiger partial charge in [-0.25, -0.2) is 0 Å². The SMILES string of the molecule is c1ccc(-c2ccc(N(c3ccc(-c4ccc(-n5c6ccccc6c6ccccc65)cc4)cc3)C3CCC(c4ccccc4)CC3)cc2)cc1. The molecule has 1 heterocycles. The number of aromatic nitrogens is 1. The van der Waals surface area contributed by atoms with Crippen molar-refractivity contribution in [3.05, 3.63) is 188 Å². The third kappa shape index (κ3) is 5.67. The Kier molecular flexibility index (Phi) is 7.99. The molecule has 1 aliphatic rings. The minimum atomic E-state index is 0.453. The highest BCUT2D eigenvalue weighted by molar-refractivity contribution is 6.09. The molecule has 1 aromatic heterocycles.